The minimum atomic E-state index is -0.0258. The molecule has 0 aliphatic carbocycles. The summed E-state index contributed by atoms with van der Waals surface area (Å²) in [4.78, 5) is 4.41. The van der Waals surface area contributed by atoms with Crippen LogP contribution in [0.1, 0.15) is 29.9 Å². The van der Waals surface area contributed by atoms with E-state index < -0.39 is 0 Å². The zero-order chi connectivity index (χ0) is 18.1. The summed E-state index contributed by atoms with van der Waals surface area (Å²) in [5, 5.41) is 24.3. The van der Waals surface area contributed by atoms with E-state index in [4.69, 9.17) is 0 Å². The number of aromatic amines is 1. The maximum Gasteiger partial charge on any atom is 0.107 e. The molecule has 7 nitrogen and oxygen atoms in total. The van der Waals surface area contributed by atoms with Gasteiger partial charge in [-0.25, -0.2) is 4.52 Å². The van der Waals surface area contributed by atoms with Crippen molar-refractivity contribution in [3.63, 3.8) is 0 Å². The summed E-state index contributed by atoms with van der Waals surface area (Å²) in [6, 6.07) is 10.0. The maximum atomic E-state index is 9.44. The number of anilines is 1. The van der Waals surface area contributed by atoms with Gasteiger partial charge in [-0.2, -0.15) is 15.5 Å². The number of pyridine rings is 2. The maximum absolute atomic E-state index is 9.44. The van der Waals surface area contributed by atoms with Crippen molar-refractivity contribution >= 4 is 11.2 Å². The molecule has 4 aromatic rings. The highest BCUT2D eigenvalue weighted by atomic mass is 15.2. The first-order valence-corrected chi connectivity index (χ1v) is 8.26. The number of rotatable bonds is 4. The predicted octanol–water partition coefficient (Wildman–Crippen LogP) is 3.47. The lowest BCUT2D eigenvalue weighted by Gasteiger charge is -2.17. The van der Waals surface area contributed by atoms with Gasteiger partial charge in [0.1, 0.15) is 11.6 Å². The number of nitriles is 1. The molecule has 26 heavy (non-hydrogen) atoms. The number of nitrogens with zero attached hydrogens (tertiary/aromatic N) is 5. The summed E-state index contributed by atoms with van der Waals surface area (Å²) >= 11 is 0. The van der Waals surface area contributed by atoms with Crippen LogP contribution in [0, 0.1) is 18.3 Å². The van der Waals surface area contributed by atoms with Crippen molar-refractivity contribution in [2.75, 3.05) is 5.32 Å². The molecule has 4 heterocycles. The van der Waals surface area contributed by atoms with Crippen molar-refractivity contribution in [2.45, 2.75) is 19.9 Å². The Morgan fingerprint density at radius 2 is 2.19 bits per heavy atom. The van der Waals surface area contributed by atoms with Crippen LogP contribution in [0.5, 0.6) is 0 Å². The molecule has 0 aliphatic heterocycles. The molecule has 0 spiro atoms. The monoisotopic (exact) mass is 343 g/mol. The summed E-state index contributed by atoms with van der Waals surface area (Å²) in [6.45, 7) is 4.01. The Labute approximate surface area is 150 Å². The molecular formula is C19H17N7. The highest BCUT2D eigenvalue weighted by molar-refractivity contribution is 5.83. The Kier molecular flexibility index (Phi) is 3.86. The van der Waals surface area contributed by atoms with Crippen molar-refractivity contribution in [1.29, 1.82) is 5.26 Å². The molecule has 7 heteroatoms. The Balaban J connectivity index is 1.84. The SMILES string of the molecule is Cc1[nH]ncc1-c1cc(N[C@H](C)c2ccccn2)c2c(C#N)cnn2c1. The molecule has 0 amide bonds. The van der Waals surface area contributed by atoms with Crippen molar-refractivity contribution in [1.82, 2.24) is 24.8 Å². The number of fused-ring (bicyclic) bond motifs is 1. The Morgan fingerprint density at radius 1 is 1.31 bits per heavy atom. The van der Waals surface area contributed by atoms with E-state index in [-0.39, 0.29) is 6.04 Å². The fourth-order valence-corrected chi connectivity index (χ4v) is 3.04. The van der Waals surface area contributed by atoms with E-state index in [2.05, 4.69) is 31.7 Å². The highest BCUT2D eigenvalue weighted by Crippen LogP contribution is 2.31. The average Bonchev–Trinajstić information content (AvgIpc) is 3.28. The van der Waals surface area contributed by atoms with Gasteiger partial charge in [-0.15, -0.1) is 0 Å². The normalized spacial score (nSPS) is 12.0. The third-order valence-corrected chi connectivity index (χ3v) is 4.38. The Morgan fingerprint density at radius 3 is 2.88 bits per heavy atom. The molecule has 0 unspecified atom stereocenters. The first-order chi connectivity index (χ1) is 12.7. The molecule has 0 bridgehead atoms. The zero-order valence-corrected chi connectivity index (χ0v) is 14.4. The third kappa shape index (κ3) is 2.67. The molecule has 1 atom stereocenters. The van der Waals surface area contributed by atoms with E-state index in [1.165, 1.54) is 0 Å². The van der Waals surface area contributed by atoms with Crippen LogP contribution in [0.3, 0.4) is 0 Å². The van der Waals surface area contributed by atoms with E-state index in [9.17, 15) is 5.26 Å². The van der Waals surface area contributed by atoms with Crippen LogP contribution in [-0.2, 0) is 0 Å². The van der Waals surface area contributed by atoms with Crippen molar-refractivity contribution in [3.05, 3.63) is 66.0 Å². The second kappa shape index (κ2) is 6.33. The molecule has 2 N–H and O–H groups in total. The number of nitrogens with one attached hydrogen (secondary N) is 2. The molecule has 4 aromatic heterocycles. The summed E-state index contributed by atoms with van der Waals surface area (Å²) < 4.78 is 1.73. The van der Waals surface area contributed by atoms with Gasteiger partial charge in [-0.3, -0.25) is 10.1 Å². The fraction of sp³-hybridized carbons (Fsp3) is 0.158. The molecule has 0 aliphatic rings. The Hall–Kier alpha value is -3.66. The van der Waals surface area contributed by atoms with Gasteiger partial charge in [-0.1, -0.05) is 6.07 Å². The molecule has 0 saturated carbocycles. The van der Waals surface area contributed by atoms with Crippen LogP contribution in [0.15, 0.2) is 49.1 Å². The summed E-state index contributed by atoms with van der Waals surface area (Å²) in [6.07, 6.45) is 7.05. The van der Waals surface area contributed by atoms with Crippen LogP contribution in [0.2, 0.25) is 0 Å². The topological polar surface area (TPSA) is 94.7 Å². The van der Waals surface area contributed by atoms with E-state index >= 15 is 0 Å². The Bertz CT molecular complexity index is 1100. The zero-order valence-electron chi connectivity index (χ0n) is 14.4. The van der Waals surface area contributed by atoms with Gasteiger partial charge in [-0.05, 0) is 32.0 Å². The van der Waals surface area contributed by atoms with Crippen molar-refractivity contribution in [2.24, 2.45) is 0 Å². The average molecular weight is 343 g/mol. The minimum absolute atomic E-state index is 0.0258. The van der Waals surface area contributed by atoms with Crippen LogP contribution >= 0.6 is 0 Å². The molecule has 128 valence electrons. The second-order valence-electron chi connectivity index (χ2n) is 6.13. The van der Waals surface area contributed by atoms with Crippen LogP contribution in [0.4, 0.5) is 5.69 Å². The van der Waals surface area contributed by atoms with Crippen LogP contribution in [0.25, 0.3) is 16.6 Å². The molecule has 0 fully saturated rings. The quantitative estimate of drug-likeness (QED) is 0.591. The minimum Gasteiger partial charge on any atom is -0.375 e. The number of H-pyrrole nitrogens is 1. The van der Waals surface area contributed by atoms with Gasteiger partial charge in [0, 0.05) is 29.2 Å². The standard InChI is InChI=1S/C19H17N7/c1-12-16(10-22-25-12)14-7-18(19-15(8-20)9-23-26(19)11-14)24-13(2)17-5-3-4-6-21-17/h3-7,9-11,13,24H,1-2H3,(H,22,25)/t13-/m1/s1. The van der Waals surface area contributed by atoms with Gasteiger partial charge >= 0.3 is 0 Å². The van der Waals surface area contributed by atoms with E-state index in [1.807, 2.05) is 44.3 Å². The molecule has 0 radical (unpaired) electrons. The van der Waals surface area contributed by atoms with E-state index in [0.29, 0.717) is 5.56 Å². The lowest BCUT2D eigenvalue weighted by molar-refractivity contribution is 0.838. The van der Waals surface area contributed by atoms with Gasteiger partial charge in [0.05, 0.1) is 35.4 Å². The third-order valence-electron chi connectivity index (χ3n) is 4.38. The number of hydrogen-bond acceptors (Lipinski definition) is 5. The molecule has 0 saturated heterocycles. The first kappa shape index (κ1) is 15.8. The molecule has 4 rings (SSSR count). The van der Waals surface area contributed by atoms with Crippen LogP contribution < -0.4 is 5.32 Å². The lowest BCUT2D eigenvalue weighted by atomic mass is 10.1. The first-order valence-electron chi connectivity index (χ1n) is 8.26. The van der Waals surface area contributed by atoms with Gasteiger partial charge in [0.15, 0.2) is 0 Å². The van der Waals surface area contributed by atoms with Gasteiger partial charge in [0.2, 0.25) is 0 Å². The molecular weight excluding hydrogens is 326 g/mol. The predicted molar refractivity (Wildman–Crippen MR) is 98.5 cm³/mol. The smallest absolute Gasteiger partial charge is 0.107 e. The van der Waals surface area contributed by atoms with Gasteiger partial charge in [0.25, 0.3) is 0 Å². The fourth-order valence-electron chi connectivity index (χ4n) is 3.04. The summed E-state index contributed by atoms with van der Waals surface area (Å²) in [5.74, 6) is 0. The van der Waals surface area contributed by atoms with Gasteiger partial charge < -0.3 is 5.32 Å². The number of aryl methyl sites for hydroxylation is 1. The number of hydrogen-bond donors (Lipinski definition) is 2. The highest BCUT2D eigenvalue weighted by Gasteiger charge is 2.16. The summed E-state index contributed by atoms with van der Waals surface area (Å²) in [5.41, 5.74) is 5.96. The molecule has 0 aromatic carbocycles. The van der Waals surface area contributed by atoms with E-state index in [1.54, 1.807) is 23.1 Å². The van der Waals surface area contributed by atoms with Crippen molar-refractivity contribution in [3.8, 4) is 17.2 Å². The number of aromatic nitrogens is 5. The lowest BCUT2D eigenvalue weighted by Crippen LogP contribution is -2.09. The largest absolute Gasteiger partial charge is 0.375 e. The second-order valence-corrected chi connectivity index (χ2v) is 6.13. The van der Waals surface area contributed by atoms with Crippen LogP contribution in [-0.4, -0.2) is 24.8 Å². The van der Waals surface area contributed by atoms with E-state index in [0.717, 1.165) is 33.7 Å². The van der Waals surface area contributed by atoms with Crippen molar-refractivity contribution < 1.29 is 0 Å². The summed E-state index contributed by atoms with van der Waals surface area (Å²) in [7, 11) is 0.